The lowest BCUT2D eigenvalue weighted by Gasteiger charge is -2.03. The summed E-state index contributed by atoms with van der Waals surface area (Å²) in [6, 6.07) is 3.78. The Morgan fingerprint density at radius 2 is 2.08 bits per heavy atom. The van der Waals surface area contributed by atoms with Gasteiger partial charge in [-0.2, -0.15) is 0 Å². The third-order valence-corrected chi connectivity index (χ3v) is 1.48. The average molecular weight is 171 g/mol. The summed E-state index contributed by atoms with van der Waals surface area (Å²) in [6.45, 7) is 0. The number of alkyl halides is 2. The molecule has 0 saturated carbocycles. The van der Waals surface area contributed by atoms with Gasteiger partial charge in [-0.05, 0) is 18.2 Å². The molecule has 0 amide bonds. The Bertz CT molecular complexity index is 299. The summed E-state index contributed by atoms with van der Waals surface area (Å²) in [7, 11) is 0. The van der Waals surface area contributed by atoms with Crippen LogP contribution in [0.15, 0.2) is 18.2 Å². The molecular formula is C8H7F2NO. The van der Waals surface area contributed by atoms with Crippen LogP contribution < -0.4 is 5.73 Å². The van der Waals surface area contributed by atoms with Crippen molar-refractivity contribution in [3.05, 3.63) is 29.3 Å². The van der Waals surface area contributed by atoms with Crippen molar-refractivity contribution in [2.45, 2.75) is 6.43 Å². The minimum atomic E-state index is -2.63. The van der Waals surface area contributed by atoms with Gasteiger partial charge in [-0.1, -0.05) is 0 Å². The largest absolute Gasteiger partial charge is 0.398 e. The number of hydrogen-bond donors (Lipinski definition) is 1. The van der Waals surface area contributed by atoms with E-state index in [1.807, 2.05) is 0 Å². The molecular weight excluding hydrogens is 164 g/mol. The predicted octanol–water partition coefficient (Wildman–Crippen LogP) is 2.02. The third-order valence-electron chi connectivity index (χ3n) is 1.48. The highest BCUT2D eigenvalue weighted by atomic mass is 19.3. The summed E-state index contributed by atoms with van der Waals surface area (Å²) < 4.78 is 24.3. The first-order valence-corrected chi connectivity index (χ1v) is 3.28. The third kappa shape index (κ3) is 1.58. The van der Waals surface area contributed by atoms with Gasteiger partial charge in [0.1, 0.15) is 6.29 Å². The highest BCUT2D eigenvalue weighted by molar-refractivity contribution is 5.76. The highest BCUT2D eigenvalue weighted by Crippen LogP contribution is 2.25. The topological polar surface area (TPSA) is 43.1 Å². The van der Waals surface area contributed by atoms with E-state index in [1.54, 1.807) is 0 Å². The quantitative estimate of drug-likeness (QED) is 0.546. The standard InChI is InChI=1S/C8H7F2NO/c9-8(10)6-3-5(4-12)1-2-7(6)11/h1-4,8H,11H2. The van der Waals surface area contributed by atoms with Gasteiger partial charge in [0.15, 0.2) is 0 Å². The second-order valence-electron chi connectivity index (χ2n) is 2.31. The molecule has 1 rings (SSSR count). The van der Waals surface area contributed by atoms with E-state index in [0.717, 1.165) is 6.07 Å². The molecule has 4 heteroatoms. The second-order valence-corrected chi connectivity index (χ2v) is 2.31. The summed E-state index contributed by atoms with van der Waals surface area (Å²) in [4.78, 5) is 10.2. The molecule has 0 atom stereocenters. The highest BCUT2D eigenvalue weighted by Gasteiger charge is 2.10. The number of aldehydes is 1. The Kier molecular flexibility index (Phi) is 2.38. The number of carbonyl (C=O) groups excluding carboxylic acids is 1. The van der Waals surface area contributed by atoms with Gasteiger partial charge in [0, 0.05) is 16.8 Å². The molecule has 0 saturated heterocycles. The SMILES string of the molecule is Nc1ccc(C=O)cc1C(F)F. The van der Waals surface area contributed by atoms with E-state index in [4.69, 9.17) is 5.73 Å². The molecule has 2 nitrogen and oxygen atoms in total. The van der Waals surface area contributed by atoms with E-state index in [-0.39, 0.29) is 16.8 Å². The maximum atomic E-state index is 12.1. The van der Waals surface area contributed by atoms with Crippen LogP contribution in [-0.2, 0) is 0 Å². The first kappa shape index (κ1) is 8.64. The van der Waals surface area contributed by atoms with Crippen LogP contribution in [0.5, 0.6) is 0 Å². The summed E-state index contributed by atoms with van der Waals surface area (Å²) in [5.41, 5.74) is 5.17. The molecule has 0 aliphatic rings. The molecule has 2 N–H and O–H groups in total. The van der Waals surface area contributed by atoms with Gasteiger partial charge in [-0.15, -0.1) is 0 Å². The normalized spacial score (nSPS) is 10.2. The molecule has 0 radical (unpaired) electrons. The smallest absolute Gasteiger partial charge is 0.265 e. The molecule has 0 aromatic heterocycles. The zero-order chi connectivity index (χ0) is 9.14. The second kappa shape index (κ2) is 3.30. The molecule has 0 spiro atoms. The van der Waals surface area contributed by atoms with Crippen LogP contribution in [-0.4, -0.2) is 6.29 Å². The monoisotopic (exact) mass is 171 g/mol. The number of carbonyl (C=O) groups is 1. The zero-order valence-electron chi connectivity index (χ0n) is 6.13. The van der Waals surface area contributed by atoms with Crippen LogP contribution in [0.2, 0.25) is 0 Å². The van der Waals surface area contributed by atoms with E-state index in [0.29, 0.717) is 6.29 Å². The Labute approximate surface area is 68.0 Å². The minimum Gasteiger partial charge on any atom is -0.398 e. The first-order chi connectivity index (χ1) is 5.65. The van der Waals surface area contributed by atoms with E-state index >= 15 is 0 Å². The van der Waals surface area contributed by atoms with E-state index in [9.17, 15) is 13.6 Å². The Morgan fingerprint density at radius 3 is 2.58 bits per heavy atom. The van der Waals surface area contributed by atoms with Crippen LogP contribution in [0, 0.1) is 0 Å². The molecule has 12 heavy (non-hydrogen) atoms. The van der Waals surface area contributed by atoms with Crippen molar-refractivity contribution in [2.75, 3.05) is 5.73 Å². The number of rotatable bonds is 2. The maximum absolute atomic E-state index is 12.1. The Morgan fingerprint density at radius 1 is 1.42 bits per heavy atom. The fourth-order valence-electron chi connectivity index (χ4n) is 0.856. The molecule has 0 unspecified atom stereocenters. The lowest BCUT2D eigenvalue weighted by molar-refractivity contribution is 0.112. The van der Waals surface area contributed by atoms with Crippen molar-refractivity contribution < 1.29 is 13.6 Å². The molecule has 1 aromatic carbocycles. The van der Waals surface area contributed by atoms with E-state index in [1.165, 1.54) is 12.1 Å². The molecule has 0 aliphatic carbocycles. The molecule has 64 valence electrons. The van der Waals surface area contributed by atoms with Gasteiger partial charge in [0.2, 0.25) is 0 Å². The Hall–Kier alpha value is -1.45. The van der Waals surface area contributed by atoms with Crippen molar-refractivity contribution in [3.63, 3.8) is 0 Å². The molecule has 0 heterocycles. The van der Waals surface area contributed by atoms with Crippen LogP contribution >= 0.6 is 0 Å². The molecule has 0 bridgehead atoms. The van der Waals surface area contributed by atoms with Gasteiger partial charge >= 0.3 is 0 Å². The van der Waals surface area contributed by atoms with Crippen LogP contribution in [0.25, 0.3) is 0 Å². The molecule has 0 aliphatic heterocycles. The van der Waals surface area contributed by atoms with Crippen molar-refractivity contribution in [1.82, 2.24) is 0 Å². The summed E-state index contributed by atoms with van der Waals surface area (Å²) >= 11 is 0. The summed E-state index contributed by atoms with van der Waals surface area (Å²) in [5, 5.41) is 0. The van der Waals surface area contributed by atoms with Crippen molar-refractivity contribution in [2.24, 2.45) is 0 Å². The molecule has 1 aromatic rings. The van der Waals surface area contributed by atoms with Gasteiger partial charge in [0.25, 0.3) is 6.43 Å². The van der Waals surface area contributed by atoms with Crippen LogP contribution in [0.4, 0.5) is 14.5 Å². The maximum Gasteiger partial charge on any atom is 0.265 e. The Balaban J connectivity index is 3.16. The van der Waals surface area contributed by atoms with Crippen LogP contribution in [0.3, 0.4) is 0 Å². The molecule has 0 fully saturated rings. The average Bonchev–Trinajstić information content (AvgIpc) is 2.05. The summed E-state index contributed by atoms with van der Waals surface area (Å²) in [6.07, 6.45) is -2.13. The number of nitrogen functional groups attached to an aromatic ring is 1. The fraction of sp³-hybridized carbons (Fsp3) is 0.125. The van der Waals surface area contributed by atoms with Gasteiger partial charge in [-0.3, -0.25) is 4.79 Å². The number of halogens is 2. The number of anilines is 1. The van der Waals surface area contributed by atoms with Gasteiger partial charge in [-0.25, -0.2) is 8.78 Å². The zero-order valence-corrected chi connectivity index (χ0v) is 6.13. The lowest BCUT2D eigenvalue weighted by Crippen LogP contribution is -1.95. The number of nitrogens with two attached hydrogens (primary N) is 1. The minimum absolute atomic E-state index is 0.00981. The van der Waals surface area contributed by atoms with Gasteiger partial charge in [0.05, 0.1) is 0 Å². The predicted molar refractivity (Wildman–Crippen MR) is 41.2 cm³/mol. The lowest BCUT2D eigenvalue weighted by atomic mass is 10.1. The van der Waals surface area contributed by atoms with Crippen molar-refractivity contribution in [1.29, 1.82) is 0 Å². The summed E-state index contributed by atoms with van der Waals surface area (Å²) in [5.74, 6) is 0. The van der Waals surface area contributed by atoms with Gasteiger partial charge < -0.3 is 5.73 Å². The van der Waals surface area contributed by atoms with E-state index < -0.39 is 6.43 Å². The van der Waals surface area contributed by atoms with E-state index in [2.05, 4.69) is 0 Å². The number of benzene rings is 1. The van der Waals surface area contributed by atoms with Crippen LogP contribution in [0.1, 0.15) is 22.3 Å². The number of hydrogen-bond acceptors (Lipinski definition) is 2. The fourth-order valence-corrected chi connectivity index (χ4v) is 0.856. The van der Waals surface area contributed by atoms with Crippen molar-refractivity contribution >= 4 is 12.0 Å². The first-order valence-electron chi connectivity index (χ1n) is 3.28. The van der Waals surface area contributed by atoms with Crippen molar-refractivity contribution in [3.8, 4) is 0 Å².